The Morgan fingerprint density at radius 1 is 0.951 bits per heavy atom. The van der Waals surface area contributed by atoms with Gasteiger partial charge in [-0.3, -0.25) is 9.69 Å². The van der Waals surface area contributed by atoms with Crippen LogP contribution in [0.5, 0.6) is 0 Å². The molecule has 3 aromatic carbocycles. The lowest BCUT2D eigenvalue weighted by atomic mass is 10.00. The van der Waals surface area contributed by atoms with E-state index in [-0.39, 0.29) is 11.4 Å². The molecule has 0 saturated heterocycles. The van der Waals surface area contributed by atoms with Gasteiger partial charge in [0.2, 0.25) is 0 Å². The van der Waals surface area contributed by atoms with Gasteiger partial charge in [0.15, 0.2) is 5.82 Å². The molecule has 3 heterocycles. The summed E-state index contributed by atoms with van der Waals surface area (Å²) in [5, 5.41) is 13.7. The molecule has 0 aliphatic heterocycles. The lowest BCUT2D eigenvalue weighted by Gasteiger charge is -2.30. The second-order valence-corrected chi connectivity index (χ2v) is 10.3. The second kappa shape index (κ2) is 11.3. The quantitative estimate of drug-likeness (QED) is 0.249. The first-order chi connectivity index (χ1) is 19.9. The zero-order chi connectivity index (χ0) is 28.3. The van der Waals surface area contributed by atoms with E-state index in [1.54, 1.807) is 23.1 Å². The van der Waals surface area contributed by atoms with Crippen molar-refractivity contribution in [1.82, 2.24) is 30.1 Å². The number of rotatable bonds is 9. The number of nitrogens with zero attached hydrogens (tertiary/aromatic N) is 5. The van der Waals surface area contributed by atoms with E-state index >= 15 is 0 Å². The van der Waals surface area contributed by atoms with Crippen molar-refractivity contribution in [1.29, 1.82) is 0 Å². The first-order valence-corrected chi connectivity index (χ1v) is 13.4. The van der Waals surface area contributed by atoms with Crippen LogP contribution in [0.4, 0.5) is 4.39 Å². The van der Waals surface area contributed by atoms with Crippen LogP contribution in [-0.2, 0) is 19.6 Å². The summed E-state index contributed by atoms with van der Waals surface area (Å²) in [7, 11) is 0. The van der Waals surface area contributed by atoms with Crippen LogP contribution in [0.3, 0.4) is 0 Å². The minimum Gasteiger partial charge on any atom is -0.468 e. The van der Waals surface area contributed by atoms with Gasteiger partial charge in [-0.05, 0) is 82.7 Å². The normalized spacial score (nSPS) is 12.3. The highest BCUT2D eigenvalue weighted by Gasteiger charge is 2.31. The molecule has 0 bridgehead atoms. The summed E-state index contributed by atoms with van der Waals surface area (Å²) in [4.78, 5) is 19.1. The molecule has 0 radical (unpaired) electrons. The number of H-pyrrole nitrogens is 1. The van der Waals surface area contributed by atoms with Crippen LogP contribution in [-0.4, -0.2) is 30.1 Å². The number of aryl methyl sites for hydroxylation is 2. The molecule has 1 atom stereocenters. The molecule has 8 nitrogen and oxygen atoms in total. The summed E-state index contributed by atoms with van der Waals surface area (Å²) < 4.78 is 21.0. The number of benzene rings is 3. The zero-order valence-electron chi connectivity index (χ0n) is 22.8. The smallest absolute Gasteiger partial charge is 0.253 e. The maximum atomic E-state index is 13.8. The van der Waals surface area contributed by atoms with Crippen LogP contribution in [0.2, 0.25) is 0 Å². The molecule has 0 fully saturated rings. The average Bonchev–Trinajstić information content (AvgIpc) is 3.64. The number of halogens is 1. The monoisotopic (exact) mass is 548 g/mol. The Labute approximate surface area is 236 Å². The van der Waals surface area contributed by atoms with E-state index in [1.807, 2.05) is 62.4 Å². The van der Waals surface area contributed by atoms with E-state index in [9.17, 15) is 9.18 Å². The lowest BCUT2D eigenvalue weighted by molar-refractivity contribution is 0.179. The zero-order valence-corrected chi connectivity index (χ0v) is 22.8. The second-order valence-electron chi connectivity index (χ2n) is 10.3. The number of aromatic amines is 1. The van der Waals surface area contributed by atoms with Crippen LogP contribution in [0.25, 0.3) is 10.9 Å². The lowest BCUT2D eigenvalue weighted by Crippen LogP contribution is -2.35. The number of hydrogen-bond donors (Lipinski definition) is 1. The van der Waals surface area contributed by atoms with Gasteiger partial charge in [-0.25, -0.2) is 9.07 Å². The van der Waals surface area contributed by atoms with Gasteiger partial charge in [-0.2, -0.15) is 0 Å². The largest absolute Gasteiger partial charge is 0.468 e. The summed E-state index contributed by atoms with van der Waals surface area (Å²) >= 11 is 0. The Hall–Kier alpha value is -4.89. The Balaban J connectivity index is 1.53. The number of fused-ring (bicyclic) bond motifs is 1. The summed E-state index contributed by atoms with van der Waals surface area (Å²) in [5.74, 6) is 0.919. The Bertz CT molecular complexity index is 1830. The first-order valence-electron chi connectivity index (χ1n) is 13.4. The molecule has 3 aromatic heterocycles. The third-order valence-corrected chi connectivity index (χ3v) is 7.20. The molecule has 0 saturated carbocycles. The van der Waals surface area contributed by atoms with E-state index in [0.717, 1.165) is 38.9 Å². The van der Waals surface area contributed by atoms with E-state index in [4.69, 9.17) is 4.42 Å². The number of nitrogens with one attached hydrogen (secondary N) is 1. The van der Waals surface area contributed by atoms with Crippen LogP contribution < -0.4 is 5.56 Å². The molecular weight excluding hydrogens is 519 g/mol. The van der Waals surface area contributed by atoms with Crippen molar-refractivity contribution in [2.75, 3.05) is 0 Å². The van der Waals surface area contributed by atoms with Crippen LogP contribution in [0.1, 0.15) is 45.4 Å². The highest BCUT2D eigenvalue weighted by atomic mass is 19.1. The minimum atomic E-state index is -0.635. The topological polar surface area (TPSA) is 92.8 Å². The van der Waals surface area contributed by atoms with Gasteiger partial charge in [0.25, 0.3) is 5.56 Å². The number of furan rings is 1. The van der Waals surface area contributed by atoms with Crippen LogP contribution >= 0.6 is 0 Å². The fourth-order valence-electron chi connectivity index (χ4n) is 5.35. The summed E-state index contributed by atoms with van der Waals surface area (Å²) in [6.07, 6.45) is 1.64. The maximum Gasteiger partial charge on any atom is 0.253 e. The third-order valence-electron chi connectivity index (χ3n) is 7.20. The highest BCUT2D eigenvalue weighted by Crippen LogP contribution is 2.31. The summed E-state index contributed by atoms with van der Waals surface area (Å²) in [6, 6.07) is 25.4. The number of tetrazole rings is 1. The summed E-state index contributed by atoms with van der Waals surface area (Å²) in [5.41, 5.74) is 5.09. The molecule has 206 valence electrons. The van der Waals surface area contributed by atoms with Gasteiger partial charge >= 0.3 is 0 Å². The Morgan fingerprint density at radius 2 is 1.76 bits per heavy atom. The molecule has 1 unspecified atom stereocenters. The predicted octanol–water partition coefficient (Wildman–Crippen LogP) is 5.70. The van der Waals surface area contributed by atoms with Crippen molar-refractivity contribution >= 4 is 10.9 Å². The predicted molar refractivity (Wildman–Crippen MR) is 154 cm³/mol. The van der Waals surface area contributed by atoms with Crippen molar-refractivity contribution in [3.8, 4) is 0 Å². The SMILES string of the molecule is Cc1cc(C)c2[nH]c(=O)c(C(c3nnnn3Cc3ccc(F)cc3)N(Cc3ccccc3)Cc3ccco3)cc2c1. The molecule has 0 amide bonds. The number of pyridine rings is 1. The van der Waals surface area contributed by atoms with E-state index in [0.29, 0.717) is 31.0 Å². The van der Waals surface area contributed by atoms with Gasteiger partial charge < -0.3 is 9.40 Å². The Morgan fingerprint density at radius 3 is 2.51 bits per heavy atom. The maximum absolute atomic E-state index is 13.8. The molecule has 1 N–H and O–H groups in total. The van der Waals surface area contributed by atoms with E-state index in [1.165, 1.54) is 12.1 Å². The van der Waals surface area contributed by atoms with Gasteiger partial charge in [-0.1, -0.05) is 54.1 Å². The molecule has 9 heteroatoms. The van der Waals surface area contributed by atoms with Crippen molar-refractivity contribution in [2.45, 2.75) is 39.5 Å². The molecule has 0 spiro atoms. The first kappa shape index (κ1) is 26.3. The van der Waals surface area contributed by atoms with E-state index in [2.05, 4.69) is 37.5 Å². The Kier molecular flexibility index (Phi) is 7.26. The molecule has 41 heavy (non-hydrogen) atoms. The molecule has 6 rings (SSSR count). The van der Waals surface area contributed by atoms with Crippen molar-refractivity contribution < 1.29 is 8.81 Å². The van der Waals surface area contributed by atoms with E-state index < -0.39 is 6.04 Å². The molecule has 0 aliphatic carbocycles. The van der Waals surface area contributed by atoms with Crippen LogP contribution in [0.15, 0.2) is 100 Å². The van der Waals surface area contributed by atoms with Crippen molar-refractivity contribution in [3.63, 3.8) is 0 Å². The fourth-order valence-corrected chi connectivity index (χ4v) is 5.35. The average molecular weight is 549 g/mol. The molecular formula is C32H29FN6O2. The third kappa shape index (κ3) is 5.71. The van der Waals surface area contributed by atoms with Crippen molar-refractivity contribution in [3.05, 3.63) is 147 Å². The molecule has 6 aromatic rings. The standard InChI is InChI=1S/C32H29FN6O2/c1-21-15-22(2)29-25(16-21)17-28(32(40)34-29)30(31-35-36-37-39(31)19-24-10-12-26(33)13-11-24)38(20-27-9-6-14-41-27)18-23-7-4-3-5-8-23/h3-17,30H,18-20H2,1-2H3,(H,34,40). The van der Waals surface area contributed by atoms with Gasteiger partial charge in [-0.15, -0.1) is 5.10 Å². The van der Waals surface area contributed by atoms with Gasteiger partial charge in [0.1, 0.15) is 17.6 Å². The summed E-state index contributed by atoms with van der Waals surface area (Å²) in [6.45, 7) is 5.24. The highest BCUT2D eigenvalue weighted by molar-refractivity contribution is 5.83. The van der Waals surface area contributed by atoms with Gasteiger partial charge in [0.05, 0.1) is 24.9 Å². The number of hydrogen-bond acceptors (Lipinski definition) is 6. The fraction of sp³-hybridized carbons (Fsp3) is 0.188. The molecule has 0 aliphatic rings. The minimum absolute atomic E-state index is 0.219. The van der Waals surface area contributed by atoms with Crippen molar-refractivity contribution in [2.24, 2.45) is 0 Å². The van der Waals surface area contributed by atoms with Gasteiger partial charge in [0, 0.05) is 12.1 Å². The van der Waals surface area contributed by atoms with Crippen LogP contribution in [0, 0.1) is 19.7 Å². The number of aromatic nitrogens is 5.